The van der Waals surface area contributed by atoms with Crippen LogP contribution in [0.15, 0.2) is 24.3 Å². The normalized spacial score (nSPS) is 16.3. The zero-order valence-corrected chi connectivity index (χ0v) is 11.0. The van der Waals surface area contributed by atoms with Gasteiger partial charge in [-0.1, -0.05) is 37.5 Å². The topological polar surface area (TPSA) is 41.1 Å². The van der Waals surface area contributed by atoms with Crippen LogP contribution in [0.3, 0.4) is 0 Å². The Labute approximate surface area is 109 Å². The lowest BCUT2D eigenvalue weighted by atomic mass is 9.95. The molecule has 1 aromatic carbocycles. The molecule has 2 N–H and O–H groups in total. The number of likely N-dealkylation sites (N-methyl/N-ethyl adjacent to an activating group) is 1. The Morgan fingerprint density at radius 1 is 1.22 bits per heavy atom. The summed E-state index contributed by atoms with van der Waals surface area (Å²) in [7, 11) is 1.68. The van der Waals surface area contributed by atoms with E-state index in [4.69, 9.17) is 0 Å². The summed E-state index contributed by atoms with van der Waals surface area (Å²) >= 11 is 0. The predicted octanol–water partition coefficient (Wildman–Crippen LogP) is 2.72. The molecule has 0 aliphatic heterocycles. The molecule has 0 unspecified atom stereocenters. The smallest absolute Gasteiger partial charge is 0.224 e. The number of nitrogens with one attached hydrogen (secondary N) is 2. The quantitative estimate of drug-likeness (QED) is 0.857. The number of hydrogen-bond donors (Lipinski definition) is 2. The second-order valence-corrected chi connectivity index (χ2v) is 4.99. The molecule has 0 atom stereocenters. The van der Waals surface area contributed by atoms with Crippen LogP contribution in [-0.2, 0) is 11.2 Å². The molecule has 0 spiro atoms. The molecular weight excluding hydrogens is 224 g/mol. The first kappa shape index (κ1) is 12.9. The van der Waals surface area contributed by atoms with Crippen LogP contribution in [0.4, 0.5) is 5.69 Å². The molecule has 1 fully saturated rings. The lowest BCUT2D eigenvalue weighted by Crippen LogP contribution is -2.24. The minimum Gasteiger partial charge on any atom is -0.382 e. The van der Waals surface area contributed by atoms with Crippen molar-refractivity contribution in [3.63, 3.8) is 0 Å². The van der Waals surface area contributed by atoms with Gasteiger partial charge in [-0.05, 0) is 24.5 Å². The molecular formula is C15H22N2O. The van der Waals surface area contributed by atoms with Crippen LogP contribution >= 0.6 is 0 Å². The Morgan fingerprint density at radius 3 is 2.67 bits per heavy atom. The number of anilines is 1. The number of rotatable bonds is 4. The summed E-state index contributed by atoms with van der Waals surface area (Å²) in [6.07, 6.45) is 6.93. The molecule has 1 aromatic rings. The third-order valence-electron chi connectivity index (χ3n) is 3.61. The first-order chi connectivity index (χ1) is 8.79. The van der Waals surface area contributed by atoms with Crippen LogP contribution in [0, 0.1) is 0 Å². The molecule has 98 valence electrons. The summed E-state index contributed by atoms with van der Waals surface area (Å²) < 4.78 is 0. The van der Waals surface area contributed by atoms with Gasteiger partial charge in [0.1, 0.15) is 0 Å². The average molecular weight is 246 g/mol. The Hall–Kier alpha value is -1.51. The fourth-order valence-corrected chi connectivity index (χ4v) is 2.54. The Balaban J connectivity index is 2.04. The van der Waals surface area contributed by atoms with E-state index in [2.05, 4.69) is 16.7 Å². The number of carbonyl (C=O) groups is 1. The van der Waals surface area contributed by atoms with Gasteiger partial charge in [0.05, 0.1) is 6.42 Å². The van der Waals surface area contributed by atoms with E-state index in [1.54, 1.807) is 7.05 Å². The second kappa shape index (κ2) is 6.43. The van der Waals surface area contributed by atoms with Crippen LogP contribution in [0.25, 0.3) is 0 Å². The summed E-state index contributed by atoms with van der Waals surface area (Å²) in [5, 5.41) is 6.28. The molecule has 0 saturated heterocycles. The van der Waals surface area contributed by atoms with Gasteiger partial charge in [0.2, 0.25) is 5.91 Å². The molecule has 1 aliphatic carbocycles. The average Bonchev–Trinajstić information content (AvgIpc) is 2.42. The lowest BCUT2D eigenvalue weighted by Gasteiger charge is -2.25. The molecule has 3 heteroatoms. The summed E-state index contributed by atoms with van der Waals surface area (Å²) in [4.78, 5) is 11.5. The van der Waals surface area contributed by atoms with E-state index >= 15 is 0 Å². The minimum absolute atomic E-state index is 0.0629. The largest absolute Gasteiger partial charge is 0.382 e. The Morgan fingerprint density at radius 2 is 1.94 bits per heavy atom. The van der Waals surface area contributed by atoms with Gasteiger partial charge in [-0.2, -0.15) is 0 Å². The van der Waals surface area contributed by atoms with Gasteiger partial charge in [0, 0.05) is 18.8 Å². The Bertz CT molecular complexity index is 397. The maximum absolute atomic E-state index is 11.5. The minimum atomic E-state index is 0.0629. The third kappa shape index (κ3) is 3.49. The first-order valence-corrected chi connectivity index (χ1v) is 6.84. The summed E-state index contributed by atoms with van der Waals surface area (Å²) in [5.74, 6) is 0.0629. The highest BCUT2D eigenvalue weighted by Gasteiger charge is 2.14. The van der Waals surface area contributed by atoms with E-state index < -0.39 is 0 Å². The van der Waals surface area contributed by atoms with E-state index in [1.807, 2.05) is 18.2 Å². The number of benzene rings is 1. The molecule has 0 radical (unpaired) electrons. The number of para-hydroxylation sites is 1. The second-order valence-electron chi connectivity index (χ2n) is 4.99. The van der Waals surface area contributed by atoms with Crippen LogP contribution < -0.4 is 10.6 Å². The Kier molecular flexibility index (Phi) is 4.62. The highest BCUT2D eigenvalue weighted by molar-refractivity contribution is 5.80. The molecule has 1 amide bonds. The van der Waals surface area contributed by atoms with Gasteiger partial charge in [0.15, 0.2) is 0 Å². The SMILES string of the molecule is CNC(=O)Cc1ccccc1NC1CCCCC1. The van der Waals surface area contributed by atoms with Crippen molar-refractivity contribution in [3.8, 4) is 0 Å². The molecule has 0 aromatic heterocycles. The van der Waals surface area contributed by atoms with E-state index in [0.717, 1.165) is 11.3 Å². The summed E-state index contributed by atoms with van der Waals surface area (Å²) in [6, 6.07) is 8.69. The molecule has 0 bridgehead atoms. The van der Waals surface area contributed by atoms with Crippen LogP contribution in [0.2, 0.25) is 0 Å². The lowest BCUT2D eigenvalue weighted by molar-refractivity contribution is -0.119. The highest BCUT2D eigenvalue weighted by Crippen LogP contribution is 2.24. The van der Waals surface area contributed by atoms with Gasteiger partial charge in [-0.3, -0.25) is 4.79 Å². The monoisotopic (exact) mass is 246 g/mol. The van der Waals surface area contributed by atoms with Crippen molar-refractivity contribution < 1.29 is 4.79 Å². The number of amides is 1. The van der Waals surface area contributed by atoms with Crippen molar-refractivity contribution in [2.75, 3.05) is 12.4 Å². The maximum Gasteiger partial charge on any atom is 0.224 e. The number of carbonyl (C=O) groups excluding carboxylic acids is 1. The fourth-order valence-electron chi connectivity index (χ4n) is 2.54. The standard InChI is InChI=1S/C15H22N2O/c1-16-15(18)11-12-7-5-6-10-14(12)17-13-8-3-2-4-9-13/h5-7,10,13,17H,2-4,8-9,11H2,1H3,(H,16,18). The van der Waals surface area contributed by atoms with Crippen molar-refractivity contribution in [1.82, 2.24) is 5.32 Å². The fraction of sp³-hybridized carbons (Fsp3) is 0.533. The molecule has 1 aliphatic rings. The highest BCUT2D eigenvalue weighted by atomic mass is 16.1. The third-order valence-corrected chi connectivity index (χ3v) is 3.61. The molecule has 3 nitrogen and oxygen atoms in total. The van der Waals surface area contributed by atoms with E-state index in [1.165, 1.54) is 32.1 Å². The van der Waals surface area contributed by atoms with Crippen LogP contribution in [-0.4, -0.2) is 19.0 Å². The zero-order chi connectivity index (χ0) is 12.8. The van der Waals surface area contributed by atoms with Crippen molar-refractivity contribution >= 4 is 11.6 Å². The van der Waals surface area contributed by atoms with Crippen molar-refractivity contribution in [2.24, 2.45) is 0 Å². The molecule has 2 rings (SSSR count). The van der Waals surface area contributed by atoms with Crippen molar-refractivity contribution in [3.05, 3.63) is 29.8 Å². The zero-order valence-electron chi connectivity index (χ0n) is 11.0. The van der Waals surface area contributed by atoms with Gasteiger partial charge >= 0.3 is 0 Å². The van der Waals surface area contributed by atoms with E-state index in [9.17, 15) is 4.79 Å². The predicted molar refractivity (Wildman–Crippen MR) is 74.7 cm³/mol. The molecule has 0 heterocycles. The first-order valence-electron chi connectivity index (χ1n) is 6.84. The van der Waals surface area contributed by atoms with E-state index in [0.29, 0.717) is 12.5 Å². The van der Waals surface area contributed by atoms with Crippen molar-refractivity contribution in [2.45, 2.75) is 44.6 Å². The van der Waals surface area contributed by atoms with Gasteiger partial charge in [0.25, 0.3) is 0 Å². The van der Waals surface area contributed by atoms with E-state index in [-0.39, 0.29) is 5.91 Å². The summed E-state index contributed by atoms with van der Waals surface area (Å²) in [6.45, 7) is 0. The summed E-state index contributed by atoms with van der Waals surface area (Å²) in [5.41, 5.74) is 2.20. The molecule has 1 saturated carbocycles. The van der Waals surface area contributed by atoms with Gasteiger partial charge in [-0.25, -0.2) is 0 Å². The maximum atomic E-state index is 11.5. The van der Waals surface area contributed by atoms with Crippen LogP contribution in [0.5, 0.6) is 0 Å². The van der Waals surface area contributed by atoms with Crippen LogP contribution in [0.1, 0.15) is 37.7 Å². The van der Waals surface area contributed by atoms with Crippen molar-refractivity contribution in [1.29, 1.82) is 0 Å². The number of hydrogen-bond acceptors (Lipinski definition) is 2. The van der Waals surface area contributed by atoms with Gasteiger partial charge in [-0.15, -0.1) is 0 Å². The van der Waals surface area contributed by atoms with Gasteiger partial charge < -0.3 is 10.6 Å². The molecule has 18 heavy (non-hydrogen) atoms.